The highest BCUT2D eigenvalue weighted by Crippen LogP contribution is 2.48. The lowest BCUT2D eigenvalue weighted by Crippen LogP contribution is -2.21. The van der Waals surface area contributed by atoms with Crippen LogP contribution in [-0.4, -0.2) is 38.2 Å². The molecule has 1 aliphatic carbocycles. The van der Waals surface area contributed by atoms with Gasteiger partial charge in [-0.2, -0.15) is 4.98 Å². The minimum Gasteiger partial charge on any atom is -0.396 e. The largest absolute Gasteiger partial charge is 0.396 e. The molecule has 0 bridgehead atoms. The Morgan fingerprint density at radius 3 is 2.46 bits per heavy atom. The first-order valence-electron chi connectivity index (χ1n) is 13.3. The van der Waals surface area contributed by atoms with E-state index < -0.39 is 0 Å². The summed E-state index contributed by atoms with van der Waals surface area (Å²) in [5.41, 5.74) is 5.11. The summed E-state index contributed by atoms with van der Waals surface area (Å²) in [4.78, 5) is 18.9. The van der Waals surface area contributed by atoms with Crippen LogP contribution in [0.15, 0.2) is 42.7 Å². The van der Waals surface area contributed by atoms with Crippen LogP contribution in [-0.2, 0) is 5.54 Å². The molecule has 3 N–H and O–H groups in total. The van der Waals surface area contributed by atoms with Crippen molar-refractivity contribution in [2.24, 2.45) is 5.92 Å². The lowest BCUT2D eigenvalue weighted by molar-refractivity contribution is 0.217. The second kappa shape index (κ2) is 12.0. The Morgan fingerprint density at radius 1 is 1.05 bits per heavy atom. The first-order chi connectivity index (χ1) is 18.0. The molecule has 0 saturated heterocycles. The van der Waals surface area contributed by atoms with Crippen LogP contribution in [0.1, 0.15) is 63.3 Å². The van der Waals surface area contributed by atoms with E-state index >= 15 is 0 Å². The Kier molecular flexibility index (Phi) is 8.71. The van der Waals surface area contributed by atoms with Crippen molar-refractivity contribution in [1.29, 1.82) is 0 Å². The van der Waals surface area contributed by atoms with Crippen molar-refractivity contribution in [2.75, 3.05) is 23.8 Å². The molecule has 0 spiro atoms. The molecule has 1 fully saturated rings. The number of aliphatic hydroxyl groups is 1. The molecule has 3 aromatic heterocycles. The third-order valence-electron chi connectivity index (χ3n) is 6.88. The third-order valence-corrected chi connectivity index (χ3v) is 7.93. The van der Waals surface area contributed by atoms with E-state index in [0.717, 1.165) is 64.5 Å². The second-order valence-electron chi connectivity index (χ2n) is 9.46. The van der Waals surface area contributed by atoms with Crippen LogP contribution < -0.4 is 10.6 Å². The van der Waals surface area contributed by atoms with Gasteiger partial charge in [0.1, 0.15) is 16.3 Å². The predicted octanol–water partition coefficient (Wildman–Crippen LogP) is 6.71. The molecular weight excluding hydrogens is 480 g/mol. The van der Waals surface area contributed by atoms with E-state index in [-0.39, 0.29) is 18.1 Å². The summed E-state index contributed by atoms with van der Waals surface area (Å²) in [5.74, 6) is 1.68. The van der Waals surface area contributed by atoms with Crippen LogP contribution in [0.3, 0.4) is 0 Å². The SMILES string of the molecule is CC.CCC(CO)CCNc1nc(NC2(c3ccc(C)cc3)CC2)nc(C)c1-c1nc2cnccc2s1. The molecule has 1 aliphatic rings. The zero-order chi connectivity index (χ0) is 26.4. The van der Waals surface area contributed by atoms with Gasteiger partial charge in [0.2, 0.25) is 5.95 Å². The molecule has 0 amide bonds. The van der Waals surface area contributed by atoms with Crippen molar-refractivity contribution in [3.05, 3.63) is 59.5 Å². The summed E-state index contributed by atoms with van der Waals surface area (Å²) in [7, 11) is 0. The van der Waals surface area contributed by atoms with Crippen LogP contribution in [0.2, 0.25) is 0 Å². The predicted molar refractivity (Wildman–Crippen MR) is 154 cm³/mol. The van der Waals surface area contributed by atoms with Crippen molar-refractivity contribution in [3.63, 3.8) is 0 Å². The third kappa shape index (κ3) is 6.08. The first-order valence-corrected chi connectivity index (χ1v) is 14.1. The van der Waals surface area contributed by atoms with E-state index in [1.165, 1.54) is 11.1 Å². The first kappa shape index (κ1) is 26.9. The summed E-state index contributed by atoms with van der Waals surface area (Å²) in [6.07, 6.45) is 7.52. The zero-order valence-electron chi connectivity index (χ0n) is 22.5. The quantitative estimate of drug-likeness (QED) is 0.215. The fraction of sp³-hybridized carbons (Fsp3) is 0.448. The maximum atomic E-state index is 9.61. The summed E-state index contributed by atoms with van der Waals surface area (Å²) >= 11 is 1.63. The number of nitrogens with one attached hydrogen (secondary N) is 2. The highest BCUT2D eigenvalue weighted by atomic mass is 32.1. The van der Waals surface area contributed by atoms with Crippen LogP contribution in [0, 0.1) is 19.8 Å². The van der Waals surface area contributed by atoms with Crippen LogP contribution in [0.4, 0.5) is 11.8 Å². The topological polar surface area (TPSA) is 95.8 Å². The molecule has 5 rings (SSSR count). The minimum absolute atomic E-state index is 0.106. The number of hydrogen-bond donors (Lipinski definition) is 3. The van der Waals surface area contributed by atoms with Gasteiger partial charge in [-0.1, -0.05) is 57.0 Å². The molecule has 7 nitrogen and oxygen atoms in total. The van der Waals surface area contributed by atoms with Gasteiger partial charge in [-0.3, -0.25) is 4.98 Å². The molecule has 3 heterocycles. The van der Waals surface area contributed by atoms with Gasteiger partial charge in [0.05, 0.1) is 27.7 Å². The smallest absolute Gasteiger partial charge is 0.225 e. The minimum atomic E-state index is -0.106. The number of aryl methyl sites for hydroxylation is 2. The number of pyridine rings is 1. The molecule has 1 atom stereocenters. The van der Waals surface area contributed by atoms with Crippen molar-refractivity contribution in [3.8, 4) is 10.6 Å². The fourth-order valence-electron chi connectivity index (χ4n) is 4.42. The Hall–Kier alpha value is -3.10. The maximum absolute atomic E-state index is 9.61. The van der Waals surface area contributed by atoms with Crippen LogP contribution in [0.5, 0.6) is 0 Å². The van der Waals surface area contributed by atoms with Crippen molar-refractivity contribution in [2.45, 2.75) is 65.8 Å². The number of hydrogen-bond acceptors (Lipinski definition) is 8. The van der Waals surface area contributed by atoms with Gasteiger partial charge in [0, 0.05) is 19.3 Å². The number of nitrogens with zero attached hydrogens (tertiary/aromatic N) is 4. The molecule has 196 valence electrons. The van der Waals surface area contributed by atoms with Gasteiger partial charge in [-0.15, -0.1) is 11.3 Å². The number of aliphatic hydroxyl groups excluding tert-OH is 1. The normalized spacial score (nSPS) is 14.5. The molecule has 1 saturated carbocycles. The van der Waals surface area contributed by atoms with E-state index in [9.17, 15) is 5.11 Å². The van der Waals surface area contributed by atoms with Gasteiger partial charge in [0.15, 0.2) is 0 Å². The number of anilines is 2. The number of rotatable bonds is 10. The number of thiazole rings is 1. The van der Waals surface area contributed by atoms with Gasteiger partial charge in [0.25, 0.3) is 0 Å². The molecule has 0 radical (unpaired) electrons. The van der Waals surface area contributed by atoms with E-state index in [4.69, 9.17) is 15.0 Å². The summed E-state index contributed by atoms with van der Waals surface area (Å²) < 4.78 is 1.09. The highest BCUT2D eigenvalue weighted by molar-refractivity contribution is 7.21. The molecule has 37 heavy (non-hydrogen) atoms. The van der Waals surface area contributed by atoms with Crippen molar-refractivity contribution < 1.29 is 5.11 Å². The molecule has 4 aromatic rings. The molecule has 1 unspecified atom stereocenters. The monoisotopic (exact) mass is 518 g/mol. The lowest BCUT2D eigenvalue weighted by Gasteiger charge is -2.21. The van der Waals surface area contributed by atoms with E-state index in [1.807, 2.05) is 26.8 Å². The maximum Gasteiger partial charge on any atom is 0.225 e. The highest BCUT2D eigenvalue weighted by Gasteiger charge is 2.45. The Bertz CT molecular complexity index is 1280. The standard InChI is InChI=1S/C27H32N6OS.C2H6/c1-4-19(16-34)9-14-29-24-23(25-31-21-15-28-13-10-22(21)35-25)18(3)30-26(32-24)33-27(11-12-27)20-7-5-17(2)6-8-20;1-2/h5-8,10,13,15,19,34H,4,9,11-12,14,16H2,1-3H3,(H2,29,30,32,33);1-2H3. The van der Waals surface area contributed by atoms with Crippen LogP contribution >= 0.6 is 11.3 Å². The van der Waals surface area contributed by atoms with Gasteiger partial charge in [-0.05, 0) is 50.7 Å². The summed E-state index contributed by atoms with van der Waals surface area (Å²) in [6.45, 7) is 11.2. The lowest BCUT2D eigenvalue weighted by atomic mass is 10.0. The van der Waals surface area contributed by atoms with Gasteiger partial charge >= 0.3 is 0 Å². The molecule has 0 aliphatic heterocycles. The average molecular weight is 519 g/mol. The second-order valence-corrected chi connectivity index (χ2v) is 10.5. The van der Waals surface area contributed by atoms with Gasteiger partial charge < -0.3 is 15.7 Å². The molecule has 1 aromatic carbocycles. The Balaban J connectivity index is 0.00000156. The number of benzene rings is 1. The Labute approximate surface area is 223 Å². The number of fused-ring (bicyclic) bond motifs is 1. The molecular formula is C29H38N6OS. The number of aromatic nitrogens is 4. The average Bonchev–Trinajstić information content (AvgIpc) is 3.56. The summed E-state index contributed by atoms with van der Waals surface area (Å²) in [5, 5.41) is 17.7. The van der Waals surface area contributed by atoms with E-state index in [2.05, 4.69) is 53.7 Å². The molecule has 8 heteroatoms. The Morgan fingerprint density at radius 2 is 1.81 bits per heavy atom. The van der Waals surface area contributed by atoms with Gasteiger partial charge in [-0.25, -0.2) is 9.97 Å². The van der Waals surface area contributed by atoms with Crippen molar-refractivity contribution in [1.82, 2.24) is 19.9 Å². The fourth-order valence-corrected chi connectivity index (χ4v) is 5.45. The van der Waals surface area contributed by atoms with Crippen molar-refractivity contribution >= 4 is 33.3 Å². The zero-order valence-corrected chi connectivity index (χ0v) is 23.3. The van der Waals surface area contributed by atoms with Crippen LogP contribution in [0.25, 0.3) is 20.8 Å². The van der Waals surface area contributed by atoms with E-state index in [1.54, 1.807) is 23.7 Å². The summed E-state index contributed by atoms with van der Waals surface area (Å²) in [6, 6.07) is 10.7. The van der Waals surface area contributed by atoms with E-state index in [0.29, 0.717) is 5.95 Å².